The summed E-state index contributed by atoms with van der Waals surface area (Å²) in [5.41, 5.74) is -1.16. The monoisotopic (exact) mass is 267 g/mol. The van der Waals surface area contributed by atoms with Crippen molar-refractivity contribution in [3.8, 4) is 22.6 Å². The second-order valence-corrected chi connectivity index (χ2v) is 3.84. The molecule has 0 bridgehead atoms. The number of nitrogens with one attached hydrogen (secondary N) is 1. The smallest absolute Gasteiger partial charge is 0.279 e. The van der Waals surface area contributed by atoms with Crippen molar-refractivity contribution in [3.63, 3.8) is 0 Å². The fraction of sp³-hybridized carbons (Fsp3) is 0.154. The van der Waals surface area contributed by atoms with Crippen LogP contribution in [-0.2, 0) is 0 Å². The molecule has 1 heterocycles. The highest BCUT2D eigenvalue weighted by Gasteiger charge is 2.19. The van der Waals surface area contributed by atoms with Crippen molar-refractivity contribution in [2.75, 3.05) is 7.11 Å². The molecule has 0 atom stereocenters. The summed E-state index contributed by atoms with van der Waals surface area (Å²) >= 11 is 0. The Hall–Kier alpha value is -2.37. The molecule has 2 N–H and O–H groups in total. The molecule has 0 unspecified atom stereocenters. The minimum Gasteiger partial charge on any atom is -0.507 e. The number of ether oxygens (including phenoxy) is 1. The van der Waals surface area contributed by atoms with Crippen molar-refractivity contribution in [3.05, 3.63) is 46.4 Å². The minimum absolute atomic E-state index is 0.103. The molecule has 1 aromatic carbocycles. The summed E-state index contributed by atoms with van der Waals surface area (Å²) in [6.45, 7) is 0. The highest BCUT2D eigenvalue weighted by atomic mass is 19.3. The maximum atomic E-state index is 12.9. The van der Waals surface area contributed by atoms with Crippen molar-refractivity contribution in [2.24, 2.45) is 0 Å². The van der Waals surface area contributed by atoms with Crippen molar-refractivity contribution in [1.29, 1.82) is 0 Å². The number of halogens is 2. The van der Waals surface area contributed by atoms with E-state index in [1.165, 1.54) is 13.2 Å². The first-order valence-electron chi connectivity index (χ1n) is 5.41. The Kier molecular flexibility index (Phi) is 3.50. The van der Waals surface area contributed by atoms with E-state index in [4.69, 9.17) is 4.74 Å². The highest BCUT2D eigenvalue weighted by molar-refractivity contribution is 5.73. The van der Waals surface area contributed by atoms with E-state index in [-0.39, 0.29) is 5.56 Å². The number of aromatic hydroxyl groups is 1. The molecule has 2 rings (SSSR count). The predicted molar refractivity (Wildman–Crippen MR) is 65.7 cm³/mol. The summed E-state index contributed by atoms with van der Waals surface area (Å²) in [5.74, 6) is -0.0318. The lowest BCUT2D eigenvalue weighted by atomic mass is 10.0. The van der Waals surface area contributed by atoms with E-state index in [9.17, 15) is 18.7 Å². The SMILES string of the molecule is COc1cccc(-c2c(O)cc(=O)[nH]c2C(F)F)c1. The molecule has 0 aliphatic rings. The number of aromatic nitrogens is 1. The third kappa shape index (κ3) is 2.57. The highest BCUT2D eigenvalue weighted by Crippen LogP contribution is 2.36. The number of methoxy groups -OCH3 is 1. The topological polar surface area (TPSA) is 62.3 Å². The van der Waals surface area contributed by atoms with Gasteiger partial charge in [-0.25, -0.2) is 8.78 Å². The summed E-state index contributed by atoms with van der Waals surface area (Å²) in [5, 5.41) is 9.74. The molecule has 6 heteroatoms. The Bertz CT molecular complexity index is 653. The van der Waals surface area contributed by atoms with Gasteiger partial charge in [0.2, 0.25) is 0 Å². The molecule has 0 spiro atoms. The summed E-state index contributed by atoms with van der Waals surface area (Å²) in [7, 11) is 1.44. The molecular formula is C13H11F2NO3. The second-order valence-electron chi connectivity index (χ2n) is 3.84. The number of rotatable bonds is 3. The van der Waals surface area contributed by atoms with Gasteiger partial charge in [0, 0.05) is 11.6 Å². The zero-order valence-electron chi connectivity index (χ0n) is 9.98. The third-order valence-corrected chi connectivity index (χ3v) is 2.63. The van der Waals surface area contributed by atoms with E-state index in [0.29, 0.717) is 11.3 Å². The maximum absolute atomic E-state index is 12.9. The van der Waals surface area contributed by atoms with Crippen molar-refractivity contribution < 1.29 is 18.6 Å². The molecule has 0 aliphatic heterocycles. The number of benzene rings is 1. The Labute approximate surface area is 107 Å². The molecule has 19 heavy (non-hydrogen) atoms. The van der Waals surface area contributed by atoms with Crippen LogP contribution in [0.25, 0.3) is 11.1 Å². The number of H-pyrrole nitrogens is 1. The van der Waals surface area contributed by atoms with Crippen LogP contribution < -0.4 is 10.3 Å². The van der Waals surface area contributed by atoms with Gasteiger partial charge in [-0.3, -0.25) is 4.79 Å². The van der Waals surface area contributed by atoms with E-state index >= 15 is 0 Å². The quantitative estimate of drug-likeness (QED) is 0.898. The van der Waals surface area contributed by atoms with E-state index in [0.717, 1.165) is 6.07 Å². The molecule has 0 saturated carbocycles. The van der Waals surface area contributed by atoms with Crippen LogP contribution >= 0.6 is 0 Å². The molecule has 1 aromatic heterocycles. The lowest BCUT2D eigenvalue weighted by molar-refractivity contribution is 0.146. The maximum Gasteiger partial charge on any atom is 0.279 e. The standard InChI is InChI=1S/C13H11F2NO3/c1-19-8-4-2-3-7(5-8)11-9(17)6-10(18)16-12(11)13(14)15/h2-6,13H,1H3,(H2,16,17,18). The van der Waals surface area contributed by atoms with Crippen LogP contribution in [0.4, 0.5) is 8.78 Å². The van der Waals surface area contributed by atoms with Crippen LogP contribution in [0.5, 0.6) is 11.5 Å². The average Bonchev–Trinajstić information content (AvgIpc) is 2.37. The zero-order chi connectivity index (χ0) is 14.0. The molecule has 0 aliphatic carbocycles. The van der Waals surface area contributed by atoms with Crippen LogP contribution in [0.15, 0.2) is 35.1 Å². The number of alkyl halides is 2. The second kappa shape index (κ2) is 5.09. The van der Waals surface area contributed by atoms with Crippen LogP contribution in [0.1, 0.15) is 12.1 Å². The molecule has 4 nitrogen and oxygen atoms in total. The van der Waals surface area contributed by atoms with Crippen LogP contribution in [-0.4, -0.2) is 17.2 Å². The first-order chi connectivity index (χ1) is 9.02. The van der Waals surface area contributed by atoms with Gasteiger partial charge in [-0.05, 0) is 17.7 Å². The molecule has 100 valence electrons. The Morgan fingerprint density at radius 1 is 1.32 bits per heavy atom. The van der Waals surface area contributed by atoms with Crippen molar-refractivity contribution in [1.82, 2.24) is 4.98 Å². The van der Waals surface area contributed by atoms with Crippen LogP contribution in [0.2, 0.25) is 0 Å². The lowest BCUT2D eigenvalue weighted by Gasteiger charge is -2.11. The largest absolute Gasteiger partial charge is 0.507 e. The van der Waals surface area contributed by atoms with Gasteiger partial charge >= 0.3 is 0 Å². The van der Waals surface area contributed by atoms with Gasteiger partial charge in [-0.15, -0.1) is 0 Å². The number of pyridine rings is 1. The van der Waals surface area contributed by atoms with Gasteiger partial charge in [0.15, 0.2) is 0 Å². The van der Waals surface area contributed by atoms with E-state index < -0.39 is 23.4 Å². The Morgan fingerprint density at radius 2 is 2.05 bits per heavy atom. The van der Waals surface area contributed by atoms with Crippen LogP contribution in [0, 0.1) is 0 Å². The number of aromatic amines is 1. The summed E-state index contributed by atoms with van der Waals surface area (Å²) in [6.07, 6.45) is -2.90. The fourth-order valence-corrected chi connectivity index (χ4v) is 1.81. The van der Waals surface area contributed by atoms with E-state index in [1.807, 2.05) is 4.98 Å². The molecule has 0 radical (unpaired) electrons. The van der Waals surface area contributed by atoms with Gasteiger partial charge in [0.05, 0.1) is 12.8 Å². The minimum atomic E-state index is -2.90. The first-order valence-corrected chi connectivity index (χ1v) is 5.41. The molecular weight excluding hydrogens is 256 g/mol. The van der Waals surface area contributed by atoms with Crippen molar-refractivity contribution >= 4 is 0 Å². The van der Waals surface area contributed by atoms with Gasteiger partial charge in [-0.1, -0.05) is 12.1 Å². The van der Waals surface area contributed by atoms with Crippen LogP contribution in [0.3, 0.4) is 0 Å². The predicted octanol–water partition coefficient (Wildman–Crippen LogP) is 2.69. The number of hydrogen-bond acceptors (Lipinski definition) is 3. The van der Waals surface area contributed by atoms with Crippen molar-refractivity contribution in [2.45, 2.75) is 6.43 Å². The molecule has 2 aromatic rings. The molecule has 0 amide bonds. The Morgan fingerprint density at radius 3 is 2.68 bits per heavy atom. The van der Waals surface area contributed by atoms with E-state index in [2.05, 4.69) is 0 Å². The summed E-state index contributed by atoms with van der Waals surface area (Å²) in [4.78, 5) is 13.2. The third-order valence-electron chi connectivity index (χ3n) is 2.63. The van der Waals surface area contributed by atoms with Gasteiger partial charge in [-0.2, -0.15) is 0 Å². The molecule has 0 fully saturated rings. The summed E-state index contributed by atoms with van der Waals surface area (Å²) < 4.78 is 30.9. The van der Waals surface area contributed by atoms with E-state index in [1.54, 1.807) is 18.2 Å². The fourth-order valence-electron chi connectivity index (χ4n) is 1.81. The van der Waals surface area contributed by atoms with Gasteiger partial charge in [0.25, 0.3) is 12.0 Å². The summed E-state index contributed by atoms with van der Waals surface area (Å²) in [6, 6.07) is 7.16. The lowest BCUT2D eigenvalue weighted by Crippen LogP contribution is -2.09. The normalized spacial score (nSPS) is 10.7. The van der Waals surface area contributed by atoms with Gasteiger partial charge in [0.1, 0.15) is 11.5 Å². The Balaban J connectivity index is 2.69. The molecule has 0 saturated heterocycles. The number of hydrogen-bond donors (Lipinski definition) is 2. The zero-order valence-corrected chi connectivity index (χ0v) is 9.98. The first kappa shape index (κ1) is 13.1. The average molecular weight is 267 g/mol. The van der Waals surface area contributed by atoms with Gasteiger partial charge < -0.3 is 14.8 Å².